The molecule has 27 heavy (non-hydrogen) atoms. The van der Waals surface area contributed by atoms with Crippen molar-refractivity contribution in [3.8, 4) is 5.75 Å². The van der Waals surface area contributed by atoms with Crippen molar-refractivity contribution in [2.75, 3.05) is 12.2 Å². The van der Waals surface area contributed by atoms with E-state index in [1.54, 1.807) is 25.1 Å². The zero-order valence-electron chi connectivity index (χ0n) is 15.1. The molecule has 1 fully saturated rings. The van der Waals surface area contributed by atoms with Gasteiger partial charge < -0.3 is 9.47 Å². The SMILES string of the molecule is COC(=O)N(O)c1cccc(C2CC2)c1COc1ccc(C)cc1C(F)F. The number of benzene rings is 2. The number of ether oxygens (including phenoxy) is 2. The third-order valence-corrected chi connectivity index (χ3v) is 4.55. The van der Waals surface area contributed by atoms with Crippen molar-refractivity contribution in [3.63, 3.8) is 0 Å². The molecule has 7 heteroatoms. The summed E-state index contributed by atoms with van der Waals surface area (Å²) in [6.07, 6.45) is -1.62. The number of hydrogen-bond acceptors (Lipinski definition) is 4. The molecule has 1 N–H and O–H groups in total. The van der Waals surface area contributed by atoms with Crippen molar-refractivity contribution >= 4 is 11.8 Å². The molecule has 1 saturated carbocycles. The van der Waals surface area contributed by atoms with Crippen LogP contribution in [0.15, 0.2) is 36.4 Å². The molecule has 0 saturated heterocycles. The van der Waals surface area contributed by atoms with E-state index in [1.807, 2.05) is 6.07 Å². The molecule has 0 atom stereocenters. The number of methoxy groups -OCH3 is 1. The fourth-order valence-corrected chi connectivity index (χ4v) is 3.03. The van der Waals surface area contributed by atoms with Gasteiger partial charge in [-0.3, -0.25) is 5.21 Å². The van der Waals surface area contributed by atoms with Crippen molar-refractivity contribution in [1.82, 2.24) is 0 Å². The number of carbonyl (C=O) groups is 1. The molecule has 144 valence electrons. The van der Waals surface area contributed by atoms with E-state index in [1.165, 1.54) is 12.1 Å². The lowest BCUT2D eigenvalue weighted by Gasteiger charge is -2.21. The van der Waals surface area contributed by atoms with E-state index >= 15 is 0 Å². The molecule has 5 nitrogen and oxygen atoms in total. The number of amides is 1. The summed E-state index contributed by atoms with van der Waals surface area (Å²) in [5.41, 5.74) is 2.25. The van der Waals surface area contributed by atoms with Gasteiger partial charge in [-0.1, -0.05) is 23.8 Å². The molecule has 1 aliphatic carbocycles. The lowest BCUT2D eigenvalue weighted by atomic mass is 10.0. The van der Waals surface area contributed by atoms with Gasteiger partial charge in [-0.2, -0.15) is 5.06 Å². The van der Waals surface area contributed by atoms with Crippen LogP contribution in [0.3, 0.4) is 0 Å². The monoisotopic (exact) mass is 377 g/mol. The summed E-state index contributed by atoms with van der Waals surface area (Å²) in [6, 6.07) is 9.78. The van der Waals surface area contributed by atoms with Gasteiger partial charge in [0.15, 0.2) is 0 Å². The van der Waals surface area contributed by atoms with Gasteiger partial charge in [-0.25, -0.2) is 13.6 Å². The van der Waals surface area contributed by atoms with Gasteiger partial charge in [0, 0.05) is 5.56 Å². The van der Waals surface area contributed by atoms with Crippen LogP contribution in [0.25, 0.3) is 0 Å². The molecule has 0 spiro atoms. The highest BCUT2D eigenvalue weighted by Crippen LogP contribution is 2.44. The Morgan fingerprint density at radius 2 is 2.04 bits per heavy atom. The number of hydrogen-bond donors (Lipinski definition) is 1. The predicted molar refractivity (Wildman–Crippen MR) is 95.6 cm³/mol. The number of alkyl halides is 2. The van der Waals surface area contributed by atoms with Crippen molar-refractivity contribution in [3.05, 3.63) is 58.7 Å². The first-order valence-corrected chi connectivity index (χ1v) is 8.62. The van der Waals surface area contributed by atoms with E-state index in [9.17, 15) is 18.8 Å². The normalized spacial score (nSPS) is 13.6. The summed E-state index contributed by atoms with van der Waals surface area (Å²) >= 11 is 0. The Balaban J connectivity index is 1.93. The highest BCUT2D eigenvalue weighted by Gasteiger charge is 2.29. The number of rotatable bonds is 6. The number of nitrogens with zero attached hydrogens (tertiary/aromatic N) is 1. The smallest absolute Gasteiger partial charge is 0.438 e. The van der Waals surface area contributed by atoms with E-state index in [-0.39, 0.29) is 23.6 Å². The summed E-state index contributed by atoms with van der Waals surface area (Å²) in [4.78, 5) is 11.7. The van der Waals surface area contributed by atoms with Gasteiger partial charge >= 0.3 is 6.09 Å². The Morgan fingerprint density at radius 3 is 2.67 bits per heavy atom. The second-order valence-corrected chi connectivity index (χ2v) is 6.53. The van der Waals surface area contributed by atoms with E-state index in [2.05, 4.69) is 4.74 Å². The van der Waals surface area contributed by atoms with Crippen LogP contribution in [-0.2, 0) is 11.3 Å². The van der Waals surface area contributed by atoms with Gasteiger partial charge in [0.1, 0.15) is 12.4 Å². The van der Waals surface area contributed by atoms with Crippen molar-refractivity contribution in [2.24, 2.45) is 0 Å². The molecule has 0 radical (unpaired) electrons. The van der Waals surface area contributed by atoms with Crippen molar-refractivity contribution in [2.45, 2.75) is 38.7 Å². The number of carbonyl (C=O) groups excluding carboxylic acids is 1. The predicted octanol–water partition coefficient (Wildman–Crippen LogP) is 5.35. The van der Waals surface area contributed by atoms with Crippen LogP contribution < -0.4 is 9.80 Å². The van der Waals surface area contributed by atoms with Crippen LogP contribution in [0.4, 0.5) is 19.3 Å². The maximum atomic E-state index is 13.3. The maximum absolute atomic E-state index is 13.3. The topological polar surface area (TPSA) is 59.0 Å². The van der Waals surface area contributed by atoms with E-state index in [4.69, 9.17) is 4.74 Å². The van der Waals surface area contributed by atoms with Crippen LogP contribution in [0.2, 0.25) is 0 Å². The highest BCUT2D eigenvalue weighted by molar-refractivity contribution is 5.86. The zero-order chi connectivity index (χ0) is 19.6. The molecular weight excluding hydrogens is 356 g/mol. The quantitative estimate of drug-likeness (QED) is 0.544. The molecule has 0 unspecified atom stereocenters. The maximum Gasteiger partial charge on any atom is 0.438 e. The summed E-state index contributed by atoms with van der Waals surface area (Å²) in [5, 5.41) is 10.6. The van der Waals surface area contributed by atoms with Crippen LogP contribution in [0.5, 0.6) is 5.75 Å². The van der Waals surface area contributed by atoms with Crippen LogP contribution in [-0.4, -0.2) is 18.4 Å². The first-order chi connectivity index (χ1) is 12.9. The third kappa shape index (κ3) is 4.19. The first-order valence-electron chi connectivity index (χ1n) is 8.62. The van der Waals surface area contributed by atoms with Crippen LogP contribution >= 0.6 is 0 Å². The molecule has 1 aliphatic rings. The van der Waals surface area contributed by atoms with Crippen LogP contribution in [0.1, 0.15) is 47.4 Å². The molecule has 2 aromatic rings. The summed E-state index contributed by atoms with van der Waals surface area (Å²) in [7, 11) is 1.16. The molecule has 0 aromatic heterocycles. The third-order valence-electron chi connectivity index (χ3n) is 4.55. The fourth-order valence-electron chi connectivity index (χ4n) is 3.03. The minimum atomic E-state index is -2.66. The molecule has 0 bridgehead atoms. The van der Waals surface area contributed by atoms with Gasteiger partial charge in [-0.05, 0) is 49.4 Å². The Hall–Kier alpha value is -2.67. The molecule has 1 amide bonds. The molecule has 2 aromatic carbocycles. The Labute approximate surface area is 156 Å². The number of hydroxylamine groups is 1. The Kier molecular flexibility index (Phi) is 5.60. The van der Waals surface area contributed by atoms with Gasteiger partial charge in [0.05, 0.1) is 18.4 Å². The molecule has 3 rings (SSSR count). The largest absolute Gasteiger partial charge is 0.488 e. The Bertz CT molecular complexity index is 837. The number of halogens is 2. The zero-order valence-corrected chi connectivity index (χ0v) is 15.1. The minimum Gasteiger partial charge on any atom is -0.488 e. The number of anilines is 1. The summed E-state index contributed by atoms with van der Waals surface area (Å²) in [5.74, 6) is 0.386. The first kappa shape index (κ1) is 19.1. The molecular formula is C20H21F2NO4. The van der Waals surface area contributed by atoms with E-state index < -0.39 is 12.5 Å². The standard InChI is InChI=1S/C20H21F2NO4/c1-12-6-9-18(15(10-12)19(21)22)27-11-16-14(13-7-8-13)4-3-5-17(16)23(25)20(24)26-2/h3-6,9-10,13,19,25H,7-8,11H2,1-2H3. The lowest BCUT2D eigenvalue weighted by molar-refractivity contribution is 0.140. The second kappa shape index (κ2) is 7.92. The van der Waals surface area contributed by atoms with Gasteiger partial charge in [0.25, 0.3) is 6.43 Å². The average molecular weight is 377 g/mol. The molecule has 0 aliphatic heterocycles. The fraction of sp³-hybridized carbons (Fsp3) is 0.350. The van der Waals surface area contributed by atoms with E-state index in [0.29, 0.717) is 22.1 Å². The minimum absolute atomic E-state index is 0.0567. The Morgan fingerprint density at radius 1 is 1.30 bits per heavy atom. The van der Waals surface area contributed by atoms with Crippen molar-refractivity contribution in [1.29, 1.82) is 0 Å². The van der Waals surface area contributed by atoms with Crippen molar-refractivity contribution < 1.29 is 28.3 Å². The summed E-state index contributed by atoms with van der Waals surface area (Å²) in [6.45, 7) is 1.68. The van der Waals surface area contributed by atoms with E-state index in [0.717, 1.165) is 25.5 Å². The second-order valence-electron chi connectivity index (χ2n) is 6.53. The summed E-state index contributed by atoms with van der Waals surface area (Å²) < 4.78 is 36.9. The van der Waals surface area contributed by atoms with Gasteiger partial charge in [-0.15, -0.1) is 0 Å². The van der Waals surface area contributed by atoms with Gasteiger partial charge in [0.2, 0.25) is 0 Å². The lowest BCUT2D eigenvalue weighted by Crippen LogP contribution is -2.28. The highest BCUT2D eigenvalue weighted by atomic mass is 19.3. The number of aryl methyl sites for hydroxylation is 1. The average Bonchev–Trinajstić information content (AvgIpc) is 3.50. The van der Waals surface area contributed by atoms with Crippen LogP contribution in [0, 0.1) is 6.92 Å². The molecule has 0 heterocycles.